The van der Waals surface area contributed by atoms with E-state index in [-0.39, 0.29) is 11.9 Å². The van der Waals surface area contributed by atoms with Crippen molar-refractivity contribution in [3.63, 3.8) is 0 Å². The summed E-state index contributed by atoms with van der Waals surface area (Å²) in [6.45, 7) is 3.04. The second kappa shape index (κ2) is 8.39. The molecule has 3 heterocycles. The van der Waals surface area contributed by atoms with Gasteiger partial charge in [-0.2, -0.15) is 0 Å². The first-order valence-corrected chi connectivity index (χ1v) is 10.8. The van der Waals surface area contributed by atoms with Gasteiger partial charge >= 0.3 is 0 Å². The van der Waals surface area contributed by atoms with E-state index in [4.69, 9.17) is 4.42 Å². The second-order valence-corrected chi connectivity index (χ2v) is 8.19. The summed E-state index contributed by atoms with van der Waals surface area (Å²) in [7, 11) is 0. The first kappa shape index (κ1) is 19.0. The number of hydrogen-bond donors (Lipinski definition) is 1. The zero-order chi connectivity index (χ0) is 20.3. The van der Waals surface area contributed by atoms with Gasteiger partial charge < -0.3 is 14.2 Å². The molecular weight excluding hydrogens is 380 g/mol. The van der Waals surface area contributed by atoms with Gasteiger partial charge in [-0.1, -0.05) is 43.2 Å². The summed E-state index contributed by atoms with van der Waals surface area (Å²) in [5.74, 6) is 1.31. The Balaban J connectivity index is 1.39. The first-order valence-electron chi connectivity index (χ1n) is 10.8. The van der Waals surface area contributed by atoms with Crippen LogP contribution < -0.4 is 4.90 Å². The molecular formula is C22H27N6O2+. The standard InChI is InChI=1S/C22H26N6O2/c29-22(19-11-6-16-30-19)27-14-12-26(13-15-27)20(17-7-2-1-3-8-17)21-23-24-25-28(21)18-9-4-5-10-18/h1-3,6-8,11,16,18,20H,4-5,9-10,12-15H2/p+1/t20-/m1/s1. The molecule has 8 heteroatoms. The van der Waals surface area contributed by atoms with Crippen LogP contribution in [-0.4, -0.2) is 57.2 Å². The van der Waals surface area contributed by atoms with Crippen LogP contribution in [-0.2, 0) is 0 Å². The molecule has 3 aromatic rings. The smallest absolute Gasteiger partial charge is 0.289 e. The number of nitrogens with one attached hydrogen (secondary N) is 1. The second-order valence-electron chi connectivity index (χ2n) is 8.19. The van der Waals surface area contributed by atoms with E-state index in [1.54, 1.807) is 18.4 Å². The van der Waals surface area contributed by atoms with Crippen LogP contribution in [0.5, 0.6) is 0 Å². The van der Waals surface area contributed by atoms with E-state index in [0.29, 0.717) is 24.9 Å². The number of furan rings is 1. The minimum Gasteiger partial charge on any atom is -0.459 e. The summed E-state index contributed by atoms with van der Waals surface area (Å²) in [5, 5.41) is 12.9. The summed E-state index contributed by atoms with van der Waals surface area (Å²) in [6.07, 6.45) is 6.30. The van der Waals surface area contributed by atoms with Crippen molar-refractivity contribution in [2.75, 3.05) is 26.2 Å². The Morgan fingerprint density at radius 1 is 1.07 bits per heavy atom. The van der Waals surface area contributed by atoms with Gasteiger partial charge in [0.05, 0.1) is 38.5 Å². The van der Waals surface area contributed by atoms with E-state index < -0.39 is 0 Å². The molecule has 0 spiro atoms. The third-order valence-corrected chi connectivity index (χ3v) is 6.41. The molecule has 2 aromatic heterocycles. The first-order chi connectivity index (χ1) is 14.8. The van der Waals surface area contributed by atoms with E-state index in [9.17, 15) is 4.79 Å². The lowest BCUT2D eigenvalue weighted by Crippen LogP contribution is -3.15. The van der Waals surface area contributed by atoms with Crippen LogP contribution in [0.2, 0.25) is 0 Å². The maximum atomic E-state index is 12.7. The number of aromatic nitrogens is 4. The summed E-state index contributed by atoms with van der Waals surface area (Å²) >= 11 is 0. The average Bonchev–Trinajstić information content (AvgIpc) is 3.57. The lowest BCUT2D eigenvalue weighted by atomic mass is 10.0. The molecule has 0 radical (unpaired) electrons. The molecule has 5 rings (SSSR count). The fraction of sp³-hybridized carbons (Fsp3) is 0.455. The minimum absolute atomic E-state index is 0.0360. The number of rotatable bonds is 5. The van der Waals surface area contributed by atoms with Gasteiger partial charge in [-0.3, -0.25) is 4.79 Å². The van der Waals surface area contributed by atoms with E-state index >= 15 is 0 Å². The lowest BCUT2D eigenvalue weighted by molar-refractivity contribution is -0.930. The zero-order valence-corrected chi connectivity index (χ0v) is 17.0. The van der Waals surface area contributed by atoms with Gasteiger partial charge in [-0.05, 0) is 35.4 Å². The number of carbonyl (C=O) groups excluding carboxylic acids is 1. The van der Waals surface area contributed by atoms with Crippen molar-refractivity contribution in [1.82, 2.24) is 25.1 Å². The van der Waals surface area contributed by atoms with Crippen LogP contribution in [0, 0.1) is 0 Å². The van der Waals surface area contributed by atoms with Crippen molar-refractivity contribution in [3.8, 4) is 0 Å². The summed E-state index contributed by atoms with van der Waals surface area (Å²) in [6, 6.07) is 14.4. The highest BCUT2D eigenvalue weighted by molar-refractivity contribution is 5.91. The molecule has 156 valence electrons. The third-order valence-electron chi connectivity index (χ3n) is 6.41. The number of hydrogen-bond acceptors (Lipinski definition) is 5. The maximum Gasteiger partial charge on any atom is 0.289 e. The topological polar surface area (TPSA) is 81.5 Å². The molecule has 1 atom stereocenters. The maximum absolute atomic E-state index is 12.7. The molecule has 1 saturated heterocycles. The van der Waals surface area contributed by atoms with Gasteiger partial charge in [0, 0.05) is 5.56 Å². The molecule has 1 aliphatic heterocycles. The summed E-state index contributed by atoms with van der Waals surface area (Å²) in [5.41, 5.74) is 1.22. The molecule has 30 heavy (non-hydrogen) atoms. The van der Waals surface area contributed by atoms with Gasteiger partial charge in [-0.25, -0.2) is 4.68 Å². The minimum atomic E-state index is -0.0360. The molecule has 0 unspecified atom stereocenters. The Bertz CT molecular complexity index is 957. The molecule has 1 amide bonds. The van der Waals surface area contributed by atoms with E-state index in [0.717, 1.165) is 31.8 Å². The predicted molar refractivity (Wildman–Crippen MR) is 109 cm³/mol. The highest BCUT2D eigenvalue weighted by atomic mass is 16.3. The van der Waals surface area contributed by atoms with Crippen molar-refractivity contribution in [2.24, 2.45) is 0 Å². The molecule has 0 bridgehead atoms. The Hall–Kier alpha value is -3.00. The van der Waals surface area contributed by atoms with Crippen LogP contribution in [0.15, 0.2) is 53.1 Å². The highest BCUT2D eigenvalue weighted by Crippen LogP contribution is 2.31. The number of carbonyl (C=O) groups is 1. The van der Waals surface area contributed by atoms with Gasteiger partial charge in [0.15, 0.2) is 11.8 Å². The fourth-order valence-electron chi connectivity index (χ4n) is 4.85. The van der Waals surface area contributed by atoms with E-state index in [2.05, 4.69) is 44.5 Å². The van der Waals surface area contributed by atoms with Crippen LogP contribution >= 0.6 is 0 Å². The number of nitrogens with zero attached hydrogens (tertiary/aromatic N) is 5. The molecule has 2 fully saturated rings. The molecule has 1 aromatic carbocycles. The Morgan fingerprint density at radius 3 is 2.53 bits per heavy atom. The molecule has 8 nitrogen and oxygen atoms in total. The van der Waals surface area contributed by atoms with Crippen LogP contribution in [0.4, 0.5) is 0 Å². The van der Waals surface area contributed by atoms with Crippen molar-refractivity contribution in [2.45, 2.75) is 37.8 Å². The molecule has 2 aliphatic rings. The number of piperazine rings is 1. The van der Waals surface area contributed by atoms with Crippen LogP contribution in [0.25, 0.3) is 0 Å². The van der Waals surface area contributed by atoms with Crippen LogP contribution in [0.1, 0.15) is 59.7 Å². The Kier molecular flexibility index (Phi) is 5.31. The van der Waals surface area contributed by atoms with E-state index in [1.807, 2.05) is 11.0 Å². The van der Waals surface area contributed by atoms with Crippen molar-refractivity contribution >= 4 is 5.91 Å². The van der Waals surface area contributed by atoms with Crippen molar-refractivity contribution < 1.29 is 14.1 Å². The van der Waals surface area contributed by atoms with Crippen LogP contribution in [0.3, 0.4) is 0 Å². The largest absolute Gasteiger partial charge is 0.459 e. The Morgan fingerprint density at radius 2 is 1.83 bits per heavy atom. The number of amides is 1. The number of benzene rings is 1. The SMILES string of the molecule is O=C(c1ccco1)N1CC[NH+]([C@H](c2ccccc2)c2nnnn2C2CCCC2)CC1. The quantitative estimate of drug-likeness (QED) is 0.693. The fourth-order valence-corrected chi connectivity index (χ4v) is 4.85. The summed E-state index contributed by atoms with van der Waals surface area (Å²) in [4.78, 5) is 15.9. The highest BCUT2D eigenvalue weighted by Gasteiger charge is 2.37. The van der Waals surface area contributed by atoms with Gasteiger partial charge in [0.25, 0.3) is 5.91 Å². The van der Waals surface area contributed by atoms with Crippen molar-refractivity contribution in [3.05, 3.63) is 65.9 Å². The average molecular weight is 407 g/mol. The Labute approximate surface area is 175 Å². The lowest BCUT2D eigenvalue weighted by Gasteiger charge is -2.36. The third kappa shape index (κ3) is 3.63. The normalized spacial score (nSPS) is 19.3. The number of quaternary nitrogens is 1. The zero-order valence-electron chi connectivity index (χ0n) is 17.0. The number of tetrazole rings is 1. The van der Waals surface area contributed by atoms with Crippen molar-refractivity contribution in [1.29, 1.82) is 0 Å². The van der Waals surface area contributed by atoms with Gasteiger partial charge in [-0.15, -0.1) is 5.10 Å². The molecule has 1 saturated carbocycles. The monoisotopic (exact) mass is 407 g/mol. The molecule has 1 aliphatic carbocycles. The van der Waals surface area contributed by atoms with Gasteiger partial charge in [0.1, 0.15) is 0 Å². The van der Waals surface area contributed by atoms with Gasteiger partial charge in [0.2, 0.25) is 5.82 Å². The predicted octanol–water partition coefficient (Wildman–Crippen LogP) is 1.51. The van der Waals surface area contributed by atoms with E-state index in [1.165, 1.54) is 23.3 Å². The summed E-state index contributed by atoms with van der Waals surface area (Å²) < 4.78 is 7.36. The molecule has 1 N–H and O–H groups in total.